The van der Waals surface area contributed by atoms with Crippen molar-refractivity contribution in [1.82, 2.24) is 9.55 Å². The predicted octanol–water partition coefficient (Wildman–Crippen LogP) is 6.84. The summed E-state index contributed by atoms with van der Waals surface area (Å²) in [4.78, 5) is 46.0. The van der Waals surface area contributed by atoms with Crippen LogP contribution in [0.4, 0.5) is 9.39 Å². The van der Waals surface area contributed by atoms with E-state index in [4.69, 9.17) is 9.72 Å². The van der Waals surface area contributed by atoms with Crippen LogP contribution in [0.5, 0.6) is 0 Å². The number of nitrogens with zero attached hydrogens (tertiary/aromatic N) is 2. The molecule has 2 aromatic carbocycles. The Kier molecular flexibility index (Phi) is 8.15. The number of nitrogens with one attached hydrogen (secondary N) is 1. The topological polar surface area (TPSA) is 90.3 Å². The van der Waals surface area contributed by atoms with Gasteiger partial charge in [0.25, 0.3) is 5.56 Å². The van der Waals surface area contributed by atoms with Crippen molar-refractivity contribution in [3.63, 3.8) is 0 Å². The molecule has 0 bridgehead atoms. The van der Waals surface area contributed by atoms with E-state index in [1.165, 1.54) is 39.4 Å². The number of benzene rings is 2. The maximum Gasteiger partial charge on any atom is 0.341 e. The monoisotopic (exact) mass is 593 g/mol. The van der Waals surface area contributed by atoms with Crippen molar-refractivity contribution in [3.8, 4) is 16.8 Å². The molecule has 5 rings (SSSR count). The van der Waals surface area contributed by atoms with E-state index in [9.17, 15) is 18.8 Å². The van der Waals surface area contributed by atoms with E-state index in [-0.39, 0.29) is 29.4 Å². The van der Waals surface area contributed by atoms with Crippen molar-refractivity contribution < 1.29 is 18.7 Å². The Morgan fingerprint density at radius 1 is 1.10 bits per heavy atom. The highest BCUT2D eigenvalue weighted by Gasteiger charge is 2.24. The quantitative estimate of drug-likeness (QED) is 0.120. The first-order valence-corrected chi connectivity index (χ1v) is 15.0. The highest BCUT2D eigenvalue weighted by molar-refractivity contribution is 7.99. The zero-order chi connectivity index (χ0) is 28.4. The molecule has 40 heavy (non-hydrogen) atoms. The molecule has 5 aromatic rings. The number of ether oxygens (including phenoxy) is 1. The molecule has 11 heteroatoms. The number of carbonyl (C=O) groups is 2. The molecule has 204 valence electrons. The number of hydrogen-bond acceptors (Lipinski definition) is 8. The van der Waals surface area contributed by atoms with Gasteiger partial charge in [-0.2, -0.15) is 0 Å². The van der Waals surface area contributed by atoms with Gasteiger partial charge in [0.15, 0.2) is 5.16 Å². The van der Waals surface area contributed by atoms with Crippen LogP contribution < -0.4 is 10.9 Å². The normalized spacial score (nSPS) is 11.1. The largest absolute Gasteiger partial charge is 0.462 e. The van der Waals surface area contributed by atoms with Gasteiger partial charge in [-0.25, -0.2) is 14.2 Å². The van der Waals surface area contributed by atoms with Gasteiger partial charge in [-0.1, -0.05) is 42.1 Å². The second-order valence-corrected chi connectivity index (χ2v) is 11.8. The van der Waals surface area contributed by atoms with Crippen LogP contribution in [0.15, 0.2) is 69.9 Å². The fourth-order valence-corrected chi connectivity index (χ4v) is 7.02. The Morgan fingerprint density at radius 3 is 2.52 bits per heavy atom. The van der Waals surface area contributed by atoms with Crippen LogP contribution >= 0.6 is 34.4 Å². The number of anilines is 1. The van der Waals surface area contributed by atoms with Gasteiger partial charge in [0.05, 0.1) is 23.4 Å². The van der Waals surface area contributed by atoms with Gasteiger partial charge in [0.1, 0.15) is 21.2 Å². The number of aryl methyl sites for hydroxylation is 2. The maximum absolute atomic E-state index is 13.6. The average molecular weight is 594 g/mol. The Bertz CT molecular complexity index is 1780. The summed E-state index contributed by atoms with van der Waals surface area (Å²) in [6, 6.07) is 14.9. The van der Waals surface area contributed by atoms with E-state index in [0.717, 1.165) is 22.2 Å². The minimum atomic E-state index is -0.584. The molecular formula is C29H24FN3O4S3. The Hall–Kier alpha value is -3.80. The van der Waals surface area contributed by atoms with Crippen molar-refractivity contribution in [3.05, 3.63) is 92.2 Å². The zero-order valence-corrected chi connectivity index (χ0v) is 24.3. The smallest absolute Gasteiger partial charge is 0.341 e. The summed E-state index contributed by atoms with van der Waals surface area (Å²) < 4.78 is 20.3. The van der Waals surface area contributed by atoms with Gasteiger partial charge in [-0.05, 0) is 56.2 Å². The van der Waals surface area contributed by atoms with Crippen LogP contribution in [0.2, 0.25) is 0 Å². The van der Waals surface area contributed by atoms with Gasteiger partial charge < -0.3 is 10.1 Å². The van der Waals surface area contributed by atoms with Gasteiger partial charge in [-0.15, -0.1) is 22.7 Å². The summed E-state index contributed by atoms with van der Waals surface area (Å²) in [5, 5.41) is 5.84. The molecule has 0 fully saturated rings. The van der Waals surface area contributed by atoms with E-state index in [2.05, 4.69) is 5.32 Å². The summed E-state index contributed by atoms with van der Waals surface area (Å²) in [6.07, 6.45) is 0. The van der Waals surface area contributed by atoms with Crippen molar-refractivity contribution in [1.29, 1.82) is 0 Å². The molecule has 1 N–H and O–H groups in total. The number of para-hydroxylation sites is 1. The lowest BCUT2D eigenvalue weighted by Gasteiger charge is -2.12. The molecule has 0 spiro atoms. The van der Waals surface area contributed by atoms with Crippen LogP contribution in [0, 0.1) is 19.7 Å². The van der Waals surface area contributed by atoms with Crippen molar-refractivity contribution in [2.75, 3.05) is 17.7 Å². The first-order valence-electron chi connectivity index (χ1n) is 12.3. The molecule has 0 saturated carbocycles. The van der Waals surface area contributed by atoms with Gasteiger partial charge in [-0.3, -0.25) is 14.2 Å². The number of thiophene rings is 2. The highest BCUT2D eigenvalue weighted by atomic mass is 32.2. The van der Waals surface area contributed by atoms with E-state index >= 15 is 0 Å². The molecule has 3 aromatic heterocycles. The first-order chi connectivity index (χ1) is 19.3. The van der Waals surface area contributed by atoms with Crippen LogP contribution in [0.1, 0.15) is 27.7 Å². The second-order valence-electron chi connectivity index (χ2n) is 8.75. The highest BCUT2D eigenvalue weighted by Crippen LogP contribution is 2.37. The molecule has 0 atom stereocenters. The van der Waals surface area contributed by atoms with Gasteiger partial charge in [0, 0.05) is 15.8 Å². The summed E-state index contributed by atoms with van der Waals surface area (Å²) in [6.45, 7) is 5.73. The lowest BCUT2D eigenvalue weighted by Crippen LogP contribution is -2.23. The number of hydrogen-bond donors (Lipinski definition) is 1. The minimum Gasteiger partial charge on any atom is -0.462 e. The summed E-state index contributed by atoms with van der Waals surface area (Å²) in [7, 11) is 0. The van der Waals surface area contributed by atoms with Crippen molar-refractivity contribution in [2.24, 2.45) is 0 Å². The fourth-order valence-electron chi connectivity index (χ4n) is 4.17. The van der Waals surface area contributed by atoms with Crippen LogP contribution in [-0.2, 0) is 9.53 Å². The fraction of sp³-hybridized carbons (Fsp3) is 0.172. The lowest BCUT2D eigenvalue weighted by atomic mass is 10.0. The number of carbonyl (C=O) groups excluding carboxylic acids is 2. The Labute approximate surface area is 241 Å². The SMILES string of the molecule is CCOC(=O)c1c(-c2ccc(F)cc2)csc1NC(=O)CSc1nc2sc(C)c(C)c2c(=O)n1-c1ccccc1. The maximum atomic E-state index is 13.6. The number of thioether (sulfide) groups is 1. The number of halogens is 1. The molecule has 0 unspecified atom stereocenters. The van der Waals surface area contributed by atoms with Gasteiger partial charge >= 0.3 is 5.97 Å². The molecule has 0 aliphatic rings. The second kappa shape index (κ2) is 11.7. The zero-order valence-electron chi connectivity index (χ0n) is 21.8. The van der Waals surface area contributed by atoms with E-state index in [0.29, 0.717) is 37.2 Å². The minimum absolute atomic E-state index is 0.0554. The van der Waals surface area contributed by atoms with E-state index in [1.807, 2.05) is 44.2 Å². The molecule has 7 nitrogen and oxygen atoms in total. The predicted molar refractivity (Wildman–Crippen MR) is 160 cm³/mol. The third-order valence-corrected chi connectivity index (χ3v) is 9.13. The van der Waals surface area contributed by atoms with Crippen LogP contribution in [-0.4, -0.2) is 33.8 Å². The number of fused-ring (bicyclic) bond motifs is 1. The summed E-state index contributed by atoms with van der Waals surface area (Å²) in [5.41, 5.74) is 2.74. The van der Waals surface area contributed by atoms with Crippen LogP contribution in [0.3, 0.4) is 0 Å². The molecule has 1 amide bonds. The third kappa shape index (κ3) is 5.45. The van der Waals surface area contributed by atoms with Crippen LogP contribution in [0.25, 0.3) is 27.0 Å². The summed E-state index contributed by atoms with van der Waals surface area (Å²) >= 11 is 3.77. The first kappa shape index (κ1) is 27.8. The molecule has 0 radical (unpaired) electrons. The molecule has 0 aliphatic carbocycles. The Balaban J connectivity index is 1.45. The molecule has 0 saturated heterocycles. The van der Waals surface area contributed by atoms with Crippen molar-refractivity contribution >= 4 is 61.5 Å². The molecular weight excluding hydrogens is 570 g/mol. The third-order valence-electron chi connectivity index (χ3n) is 6.20. The number of aromatic nitrogens is 2. The number of esters is 1. The van der Waals surface area contributed by atoms with E-state index < -0.39 is 11.8 Å². The lowest BCUT2D eigenvalue weighted by molar-refractivity contribution is -0.113. The Morgan fingerprint density at radius 2 is 1.82 bits per heavy atom. The van der Waals surface area contributed by atoms with Crippen molar-refractivity contribution in [2.45, 2.75) is 25.9 Å². The average Bonchev–Trinajstić information content (AvgIpc) is 3.48. The summed E-state index contributed by atoms with van der Waals surface area (Å²) in [5.74, 6) is -1.41. The number of rotatable bonds is 8. The number of amides is 1. The molecule has 0 aliphatic heterocycles. The molecule has 3 heterocycles. The van der Waals surface area contributed by atoms with E-state index in [1.54, 1.807) is 24.4 Å². The standard InChI is InChI=1S/C29H24FN3O4S3/c1-4-37-28(36)24-21(18-10-12-19(30)13-11-18)14-38-25(24)31-22(34)15-39-29-32-26-23(16(2)17(3)40-26)27(35)33(29)20-8-6-5-7-9-20/h5-14H,4,15H2,1-3H3,(H,31,34). The van der Waals surface area contributed by atoms with Gasteiger partial charge in [0.2, 0.25) is 5.91 Å².